The Labute approximate surface area is 178 Å². The lowest BCUT2D eigenvalue weighted by atomic mass is 10.2. The van der Waals surface area contributed by atoms with Crippen molar-refractivity contribution in [2.24, 2.45) is 0 Å². The molecule has 0 saturated heterocycles. The van der Waals surface area contributed by atoms with Gasteiger partial charge in [-0.25, -0.2) is 9.78 Å². The van der Waals surface area contributed by atoms with Crippen LogP contribution in [0.25, 0.3) is 10.9 Å². The summed E-state index contributed by atoms with van der Waals surface area (Å²) in [7, 11) is 3.15. The number of nitrogens with one attached hydrogen (secondary N) is 2. The minimum Gasteiger partial charge on any atom is -0.493 e. The third kappa shape index (κ3) is 4.64. The number of ether oxygens (including phenoxy) is 3. The second-order valence-electron chi connectivity index (χ2n) is 6.46. The summed E-state index contributed by atoms with van der Waals surface area (Å²) in [5.74, 6) is 2.67. The molecule has 2 heterocycles. The third-order valence-electron chi connectivity index (χ3n) is 4.44. The van der Waals surface area contributed by atoms with Crippen LogP contribution in [-0.2, 0) is 0 Å². The lowest BCUT2D eigenvalue weighted by Crippen LogP contribution is -2.19. The number of aromatic nitrogens is 2. The Morgan fingerprint density at radius 2 is 1.61 bits per heavy atom. The van der Waals surface area contributed by atoms with E-state index in [2.05, 4.69) is 20.6 Å². The molecule has 0 aliphatic rings. The van der Waals surface area contributed by atoms with E-state index in [0.717, 1.165) is 5.39 Å². The molecule has 0 fully saturated rings. The van der Waals surface area contributed by atoms with Gasteiger partial charge in [-0.05, 0) is 36.4 Å². The van der Waals surface area contributed by atoms with Crippen molar-refractivity contribution in [2.45, 2.75) is 0 Å². The molecule has 0 aliphatic carbocycles. The number of carbonyl (C=O) groups is 1. The number of methoxy groups -OCH3 is 2. The van der Waals surface area contributed by atoms with E-state index in [-0.39, 0.29) is 6.03 Å². The number of pyridine rings is 2. The molecule has 0 radical (unpaired) electrons. The molecule has 156 valence electrons. The largest absolute Gasteiger partial charge is 0.493 e. The summed E-state index contributed by atoms with van der Waals surface area (Å²) in [5.41, 5.74) is 1.40. The Morgan fingerprint density at radius 1 is 0.839 bits per heavy atom. The first-order chi connectivity index (χ1) is 15.2. The summed E-state index contributed by atoms with van der Waals surface area (Å²) in [6.07, 6.45) is 3.19. The quantitative estimate of drug-likeness (QED) is 0.455. The molecule has 0 saturated carbocycles. The van der Waals surface area contributed by atoms with Gasteiger partial charge in [-0.1, -0.05) is 18.2 Å². The van der Waals surface area contributed by atoms with Gasteiger partial charge in [-0.15, -0.1) is 0 Å². The van der Waals surface area contributed by atoms with Gasteiger partial charge in [0.15, 0.2) is 11.5 Å². The average molecular weight is 416 g/mol. The molecule has 0 aliphatic heterocycles. The Hall–Kier alpha value is -4.33. The fourth-order valence-electron chi connectivity index (χ4n) is 2.98. The highest BCUT2D eigenvalue weighted by Crippen LogP contribution is 2.36. The molecular formula is C23H20N4O4. The smallest absolute Gasteiger partial charge is 0.324 e. The third-order valence-corrected chi connectivity index (χ3v) is 4.44. The first kappa shape index (κ1) is 20.0. The number of hydrogen-bond acceptors (Lipinski definition) is 6. The topological polar surface area (TPSA) is 94.6 Å². The maximum Gasteiger partial charge on any atom is 0.324 e. The maximum absolute atomic E-state index is 12.1. The van der Waals surface area contributed by atoms with Gasteiger partial charge >= 0.3 is 6.03 Å². The van der Waals surface area contributed by atoms with Crippen LogP contribution in [0.15, 0.2) is 73.1 Å². The summed E-state index contributed by atoms with van der Waals surface area (Å²) in [4.78, 5) is 20.7. The molecule has 2 aromatic carbocycles. The van der Waals surface area contributed by atoms with Crippen LogP contribution >= 0.6 is 0 Å². The molecule has 0 spiro atoms. The summed E-state index contributed by atoms with van der Waals surface area (Å²) in [6.45, 7) is 0. The number of fused-ring (bicyclic) bond motifs is 1. The summed E-state index contributed by atoms with van der Waals surface area (Å²) in [6, 6.07) is 17.5. The van der Waals surface area contributed by atoms with E-state index in [9.17, 15) is 4.79 Å². The lowest BCUT2D eigenvalue weighted by molar-refractivity contribution is 0.262. The maximum atomic E-state index is 12.1. The summed E-state index contributed by atoms with van der Waals surface area (Å²) < 4.78 is 16.7. The number of amides is 2. The van der Waals surface area contributed by atoms with Crippen molar-refractivity contribution in [2.75, 3.05) is 24.9 Å². The number of benzene rings is 2. The molecule has 0 unspecified atom stereocenters. The highest BCUT2D eigenvalue weighted by Gasteiger charge is 2.12. The average Bonchev–Trinajstić information content (AvgIpc) is 2.80. The number of hydrogen-bond donors (Lipinski definition) is 2. The van der Waals surface area contributed by atoms with Gasteiger partial charge in [0.25, 0.3) is 0 Å². The Kier molecular flexibility index (Phi) is 5.79. The molecule has 4 aromatic rings. The van der Waals surface area contributed by atoms with Crippen LogP contribution in [0.5, 0.6) is 23.0 Å². The van der Waals surface area contributed by atoms with Crippen LogP contribution in [-0.4, -0.2) is 30.2 Å². The van der Waals surface area contributed by atoms with Crippen molar-refractivity contribution >= 4 is 28.4 Å². The highest BCUT2D eigenvalue weighted by molar-refractivity contribution is 5.99. The summed E-state index contributed by atoms with van der Waals surface area (Å²) >= 11 is 0. The normalized spacial score (nSPS) is 10.4. The van der Waals surface area contributed by atoms with Crippen molar-refractivity contribution < 1.29 is 19.0 Å². The molecule has 0 atom stereocenters. The number of para-hydroxylation sites is 1. The van der Waals surface area contributed by atoms with Gasteiger partial charge in [0, 0.05) is 23.3 Å². The molecule has 4 rings (SSSR count). The molecule has 0 bridgehead atoms. The standard InChI is InChI=1S/C23H20N4O4/c1-29-20-12-17-18(13-21(20)30-2)24-11-10-19(17)31-16-8-9-22(25-14-16)27-23(28)26-15-6-4-3-5-7-15/h3-14H,1-2H3,(H2,25,26,27,28). The zero-order valence-electron chi connectivity index (χ0n) is 17.0. The molecular weight excluding hydrogens is 396 g/mol. The van der Waals surface area contributed by atoms with E-state index in [1.54, 1.807) is 56.8 Å². The Balaban J connectivity index is 1.49. The van der Waals surface area contributed by atoms with Crippen LogP contribution in [0.2, 0.25) is 0 Å². The van der Waals surface area contributed by atoms with Crippen molar-refractivity contribution in [3.63, 3.8) is 0 Å². The van der Waals surface area contributed by atoms with Crippen molar-refractivity contribution in [1.82, 2.24) is 9.97 Å². The molecule has 8 heteroatoms. The van der Waals surface area contributed by atoms with Gasteiger partial charge in [-0.3, -0.25) is 10.3 Å². The number of urea groups is 1. The molecule has 2 amide bonds. The predicted molar refractivity (Wildman–Crippen MR) is 118 cm³/mol. The lowest BCUT2D eigenvalue weighted by Gasteiger charge is -2.12. The fraction of sp³-hybridized carbons (Fsp3) is 0.0870. The van der Waals surface area contributed by atoms with Crippen LogP contribution in [0.4, 0.5) is 16.3 Å². The second-order valence-corrected chi connectivity index (χ2v) is 6.46. The summed E-state index contributed by atoms with van der Waals surface area (Å²) in [5, 5.41) is 6.18. The van der Waals surface area contributed by atoms with E-state index in [0.29, 0.717) is 40.0 Å². The molecule has 2 N–H and O–H groups in total. The van der Waals surface area contributed by atoms with Gasteiger partial charge in [0.1, 0.15) is 17.3 Å². The Morgan fingerprint density at radius 3 is 2.32 bits per heavy atom. The van der Waals surface area contributed by atoms with E-state index >= 15 is 0 Å². The van der Waals surface area contributed by atoms with Crippen molar-refractivity contribution in [3.05, 3.63) is 73.1 Å². The van der Waals surface area contributed by atoms with Gasteiger partial charge in [-0.2, -0.15) is 0 Å². The van der Waals surface area contributed by atoms with Crippen LogP contribution < -0.4 is 24.8 Å². The van der Waals surface area contributed by atoms with Crippen LogP contribution in [0.3, 0.4) is 0 Å². The van der Waals surface area contributed by atoms with E-state index < -0.39 is 0 Å². The van der Waals surface area contributed by atoms with Crippen LogP contribution in [0.1, 0.15) is 0 Å². The van der Waals surface area contributed by atoms with E-state index in [1.165, 1.54) is 6.20 Å². The first-order valence-electron chi connectivity index (χ1n) is 9.44. The van der Waals surface area contributed by atoms with Gasteiger partial charge in [0.05, 0.1) is 25.9 Å². The number of anilines is 2. The monoisotopic (exact) mass is 416 g/mol. The van der Waals surface area contributed by atoms with E-state index in [4.69, 9.17) is 14.2 Å². The highest BCUT2D eigenvalue weighted by atomic mass is 16.5. The SMILES string of the molecule is COc1cc2nccc(Oc3ccc(NC(=O)Nc4ccccc4)nc3)c2cc1OC. The van der Waals surface area contributed by atoms with Gasteiger partial charge in [0.2, 0.25) is 0 Å². The molecule has 8 nitrogen and oxygen atoms in total. The first-order valence-corrected chi connectivity index (χ1v) is 9.44. The van der Waals surface area contributed by atoms with Crippen LogP contribution in [0, 0.1) is 0 Å². The minimum absolute atomic E-state index is 0.381. The second kappa shape index (κ2) is 9.00. The number of nitrogens with zero attached hydrogens (tertiary/aromatic N) is 2. The zero-order valence-corrected chi connectivity index (χ0v) is 17.0. The molecule has 2 aromatic heterocycles. The number of carbonyl (C=O) groups excluding carboxylic acids is 1. The molecule has 31 heavy (non-hydrogen) atoms. The predicted octanol–water partition coefficient (Wildman–Crippen LogP) is 5.08. The zero-order chi connectivity index (χ0) is 21.6. The minimum atomic E-state index is -0.381. The fourth-order valence-corrected chi connectivity index (χ4v) is 2.98. The van der Waals surface area contributed by atoms with Crippen molar-refractivity contribution in [3.8, 4) is 23.0 Å². The Bertz CT molecular complexity index is 1200. The van der Waals surface area contributed by atoms with E-state index in [1.807, 2.05) is 24.3 Å². The van der Waals surface area contributed by atoms with Gasteiger partial charge < -0.3 is 19.5 Å². The number of rotatable bonds is 6. The van der Waals surface area contributed by atoms with Crippen molar-refractivity contribution in [1.29, 1.82) is 0 Å².